The molecule has 11 heteroatoms. The van der Waals surface area contributed by atoms with Gasteiger partial charge in [0.25, 0.3) is 11.1 Å². The quantitative estimate of drug-likeness (QED) is 0.340. The first-order chi connectivity index (χ1) is 17.8. The van der Waals surface area contributed by atoms with Crippen LogP contribution in [0, 0.1) is 14.9 Å². The van der Waals surface area contributed by atoms with Crippen LogP contribution in [-0.4, -0.2) is 38.0 Å². The number of benzene rings is 2. The second-order valence-corrected chi connectivity index (χ2v) is 10.8. The Bertz CT molecular complexity index is 1670. The van der Waals surface area contributed by atoms with E-state index in [0.29, 0.717) is 29.6 Å². The highest BCUT2D eigenvalue weighted by Crippen LogP contribution is 2.25. The molecular formula is C26H25ClIN7O2. The Labute approximate surface area is 231 Å². The van der Waals surface area contributed by atoms with Crippen LogP contribution in [0.2, 0.25) is 5.02 Å². The summed E-state index contributed by atoms with van der Waals surface area (Å²) in [6.45, 7) is 1.73. The Morgan fingerprint density at radius 3 is 2.62 bits per heavy atom. The summed E-state index contributed by atoms with van der Waals surface area (Å²) in [5.41, 5.74) is 7.71. The van der Waals surface area contributed by atoms with Crippen molar-refractivity contribution in [1.82, 2.24) is 18.9 Å². The standard InChI is InChI=1S/C26H25ClIN7O2/c1-32-24(36)22-23(25(37)35(32)14-16-7-4-9-20(27)19(16)12-29)34(13-17-6-2-3-10-21(17)28)26(31-22)33-11-5-8-18(30)15-33/h2-4,6-7,9-10,18H,5,8,11,13-15,30H2,1H3. The van der Waals surface area contributed by atoms with Gasteiger partial charge in [-0.25, -0.2) is 14.3 Å². The Hall–Kier alpha value is -3.14. The molecule has 1 unspecified atom stereocenters. The zero-order valence-electron chi connectivity index (χ0n) is 20.2. The van der Waals surface area contributed by atoms with E-state index >= 15 is 0 Å². The molecule has 1 atom stereocenters. The van der Waals surface area contributed by atoms with Gasteiger partial charge in [-0.15, -0.1) is 0 Å². The molecule has 0 radical (unpaired) electrons. The summed E-state index contributed by atoms with van der Waals surface area (Å²) in [5.74, 6) is 0.567. The molecule has 0 saturated carbocycles. The van der Waals surface area contributed by atoms with E-state index in [9.17, 15) is 14.9 Å². The first-order valence-corrected chi connectivity index (χ1v) is 13.4. The molecule has 9 nitrogen and oxygen atoms in total. The third kappa shape index (κ3) is 4.67. The largest absolute Gasteiger partial charge is 0.341 e. The third-order valence-electron chi connectivity index (χ3n) is 6.80. The minimum absolute atomic E-state index is 0.00871. The van der Waals surface area contributed by atoms with Gasteiger partial charge in [-0.2, -0.15) is 5.26 Å². The van der Waals surface area contributed by atoms with Gasteiger partial charge in [0.15, 0.2) is 5.52 Å². The fourth-order valence-corrected chi connectivity index (χ4v) is 5.67. The molecule has 0 aliphatic carbocycles. The van der Waals surface area contributed by atoms with Crippen molar-refractivity contribution in [2.45, 2.75) is 32.0 Å². The number of hydrogen-bond acceptors (Lipinski definition) is 6. The number of fused-ring (bicyclic) bond motifs is 1. The van der Waals surface area contributed by atoms with E-state index < -0.39 is 0 Å². The minimum Gasteiger partial charge on any atom is -0.341 e. The van der Waals surface area contributed by atoms with Crippen LogP contribution < -0.4 is 21.8 Å². The molecule has 4 aromatic rings. The van der Waals surface area contributed by atoms with Gasteiger partial charge in [-0.1, -0.05) is 41.9 Å². The van der Waals surface area contributed by atoms with E-state index in [1.807, 2.05) is 28.8 Å². The fraction of sp³-hybridized carbons (Fsp3) is 0.308. The molecule has 0 bridgehead atoms. The number of nitriles is 1. The molecule has 5 rings (SSSR count). The van der Waals surface area contributed by atoms with E-state index in [2.05, 4.69) is 33.6 Å². The number of nitrogens with two attached hydrogens (primary N) is 1. The summed E-state index contributed by atoms with van der Waals surface area (Å²) in [6, 6.07) is 15.1. The second kappa shape index (κ2) is 10.3. The average Bonchev–Trinajstić information content (AvgIpc) is 3.26. The molecule has 2 aromatic carbocycles. The van der Waals surface area contributed by atoms with Crippen molar-refractivity contribution in [3.63, 3.8) is 0 Å². The monoisotopic (exact) mass is 629 g/mol. The molecule has 37 heavy (non-hydrogen) atoms. The van der Waals surface area contributed by atoms with Crippen LogP contribution in [0.4, 0.5) is 5.95 Å². The van der Waals surface area contributed by atoms with Crippen LogP contribution in [-0.2, 0) is 20.1 Å². The lowest BCUT2D eigenvalue weighted by molar-refractivity contribution is 0.494. The number of hydrogen-bond donors (Lipinski definition) is 1. The average molecular weight is 630 g/mol. The highest BCUT2D eigenvalue weighted by molar-refractivity contribution is 14.1. The Balaban J connectivity index is 1.75. The van der Waals surface area contributed by atoms with E-state index in [-0.39, 0.29) is 40.3 Å². The first kappa shape index (κ1) is 25.5. The van der Waals surface area contributed by atoms with Crippen molar-refractivity contribution in [2.24, 2.45) is 12.8 Å². The Kier molecular flexibility index (Phi) is 7.11. The molecule has 1 saturated heterocycles. The topological polar surface area (TPSA) is 115 Å². The summed E-state index contributed by atoms with van der Waals surface area (Å²) < 4.78 is 5.50. The molecule has 0 amide bonds. The van der Waals surface area contributed by atoms with Gasteiger partial charge >= 0.3 is 0 Å². The molecule has 2 aromatic heterocycles. The number of piperidine rings is 1. The van der Waals surface area contributed by atoms with Crippen LogP contribution in [0.25, 0.3) is 11.0 Å². The van der Waals surface area contributed by atoms with Crippen LogP contribution in [0.15, 0.2) is 52.1 Å². The first-order valence-electron chi connectivity index (χ1n) is 11.9. The van der Waals surface area contributed by atoms with Gasteiger partial charge < -0.3 is 15.2 Å². The lowest BCUT2D eigenvalue weighted by atomic mass is 10.1. The number of rotatable bonds is 5. The molecule has 1 aliphatic heterocycles. The van der Waals surface area contributed by atoms with Gasteiger partial charge in [0, 0.05) is 29.7 Å². The van der Waals surface area contributed by atoms with Crippen molar-refractivity contribution in [3.05, 3.63) is 88.5 Å². The fourth-order valence-electron chi connectivity index (χ4n) is 4.87. The van der Waals surface area contributed by atoms with Gasteiger partial charge in [0.1, 0.15) is 11.6 Å². The molecular weight excluding hydrogens is 605 g/mol. The molecule has 0 spiro atoms. The lowest BCUT2D eigenvalue weighted by Gasteiger charge is -2.32. The number of anilines is 1. The number of nitrogens with zero attached hydrogens (tertiary/aromatic N) is 6. The van der Waals surface area contributed by atoms with Crippen molar-refractivity contribution in [2.75, 3.05) is 18.0 Å². The Morgan fingerprint density at radius 2 is 1.89 bits per heavy atom. The summed E-state index contributed by atoms with van der Waals surface area (Å²) in [7, 11) is 1.54. The maximum Gasteiger partial charge on any atom is 0.293 e. The molecule has 1 fully saturated rings. The maximum absolute atomic E-state index is 14.0. The summed E-state index contributed by atoms with van der Waals surface area (Å²) in [6.07, 6.45) is 1.82. The van der Waals surface area contributed by atoms with Gasteiger partial charge in [0.2, 0.25) is 5.95 Å². The maximum atomic E-state index is 14.0. The van der Waals surface area contributed by atoms with Crippen molar-refractivity contribution in [1.29, 1.82) is 5.26 Å². The van der Waals surface area contributed by atoms with Gasteiger partial charge in [-0.3, -0.25) is 9.59 Å². The number of aromatic nitrogens is 4. The van der Waals surface area contributed by atoms with E-state index in [4.69, 9.17) is 22.3 Å². The molecule has 1 aliphatic rings. The van der Waals surface area contributed by atoms with Crippen molar-refractivity contribution in [3.8, 4) is 6.07 Å². The van der Waals surface area contributed by atoms with Crippen LogP contribution in [0.1, 0.15) is 29.5 Å². The lowest BCUT2D eigenvalue weighted by Crippen LogP contribution is -2.44. The molecule has 190 valence electrons. The SMILES string of the molecule is Cn1c(=O)c2nc(N3CCCC(N)C3)n(Cc3ccccc3I)c2c(=O)n1Cc1cccc(Cl)c1C#N. The summed E-state index contributed by atoms with van der Waals surface area (Å²) in [5, 5.41) is 9.92. The Morgan fingerprint density at radius 1 is 1.14 bits per heavy atom. The highest BCUT2D eigenvalue weighted by Gasteiger charge is 2.27. The zero-order valence-corrected chi connectivity index (χ0v) is 23.1. The van der Waals surface area contributed by atoms with Gasteiger partial charge in [0.05, 0.1) is 23.7 Å². The zero-order chi connectivity index (χ0) is 26.3. The van der Waals surface area contributed by atoms with Crippen LogP contribution >= 0.6 is 34.2 Å². The van der Waals surface area contributed by atoms with Crippen molar-refractivity contribution < 1.29 is 0 Å². The van der Waals surface area contributed by atoms with E-state index in [1.165, 1.54) is 16.4 Å². The van der Waals surface area contributed by atoms with Crippen LogP contribution in [0.3, 0.4) is 0 Å². The third-order valence-corrected chi connectivity index (χ3v) is 8.17. The highest BCUT2D eigenvalue weighted by atomic mass is 127. The number of halogens is 2. The number of imidazole rings is 1. The molecule has 2 N–H and O–H groups in total. The normalized spacial score (nSPS) is 15.8. The molecule has 3 heterocycles. The summed E-state index contributed by atoms with van der Waals surface area (Å²) in [4.78, 5) is 34.4. The second-order valence-electron chi connectivity index (χ2n) is 9.21. The predicted molar refractivity (Wildman–Crippen MR) is 152 cm³/mol. The van der Waals surface area contributed by atoms with Crippen molar-refractivity contribution >= 4 is 51.2 Å². The predicted octanol–water partition coefficient (Wildman–Crippen LogP) is 3.05. The van der Waals surface area contributed by atoms with E-state index in [1.54, 1.807) is 18.2 Å². The van der Waals surface area contributed by atoms with E-state index in [0.717, 1.165) is 28.5 Å². The van der Waals surface area contributed by atoms with Gasteiger partial charge in [-0.05, 0) is 58.7 Å². The minimum atomic E-state index is -0.390. The van der Waals surface area contributed by atoms with Crippen LogP contribution in [0.5, 0.6) is 0 Å². The smallest absolute Gasteiger partial charge is 0.293 e. The summed E-state index contributed by atoms with van der Waals surface area (Å²) >= 11 is 8.50.